The normalized spacial score (nSPS) is 28.1. The second-order valence-electron chi connectivity index (χ2n) is 5.23. The number of halogens is 1. The Hall–Kier alpha value is -0.870. The molecule has 0 radical (unpaired) electrons. The fourth-order valence-corrected chi connectivity index (χ4v) is 4.98. The van der Waals surface area contributed by atoms with E-state index in [1.165, 1.54) is 23.4 Å². The molecule has 100 valence electrons. The summed E-state index contributed by atoms with van der Waals surface area (Å²) in [7, 11) is 0. The highest BCUT2D eigenvalue weighted by Gasteiger charge is 2.42. The van der Waals surface area contributed by atoms with E-state index < -0.39 is 0 Å². The van der Waals surface area contributed by atoms with E-state index in [4.69, 9.17) is 11.6 Å². The van der Waals surface area contributed by atoms with E-state index in [-0.39, 0.29) is 0 Å². The van der Waals surface area contributed by atoms with E-state index in [0.29, 0.717) is 11.3 Å². The lowest BCUT2D eigenvalue weighted by Crippen LogP contribution is -2.39. The Kier molecular flexibility index (Phi) is 2.88. The van der Waals surface area contributed by atoms with Gasteiger partial charge in [0.05, 0.1) is 18.3 Å². The molecule has 0 spiro atoms. The van der Waals surface area contributed by atoms with Gasteiger partial charge >= 0.3 is 0 Å². The maximum atomic E-state index is 6.18. The Balaban J connectivity index is 1.71. The van der Waals surface area contributed by atoms with Gasteiger partial charge in [-0.1, -0.05) is 17.7 Å². The molecular weight excluding hydrogens is 278 g/mol. The molecule has 0 aliphatic carbocycles. The zero-order valence-electron chi connectivity index (χ0n) is 10.6. The maximum Gasteiger partial charge on any atom is 0.116 e. The van der Waals surface area contributed by atoms with Crippen molar-refractivity contribution >= 4 is 34.9 Å². The molecule has 2 unspecified atom stereocenters. The van der Waals surface area contributed by atoms with Crippen molar-refractivity contribution in [3.8, 4) is 0 Å². The van der Waals surface area contributed by atoms with Crippen molar-refractivity contribution in [3.63, 3.8) is 0 Å². The van der Waals surface area contributed by atoms with E-state index in [0.717, 1.165) is 30.5 Å². The molecule has 2 atom stereocenters. The van der Waals surface area contributed by atoms with Crippen LogP contribution in [0.4, 0.5) is 5.69 Å². The molecule has 3 nitrogen and oxygen atoms in total. The number of nitrogens with one attached hydrogen (secondary N) is 1. The number of rotatable bonds is 2. The Labute approximate surface area is 122 Å². The molecule has 4 rings (SSSR count). The summed E-state index contributed by atoms with van der Waals surface area (Å²) in [5.74, 6) is 2.39. The third kappa shape index (κ3) is 1.93. The van der Waals surface area contributed by atoms with Gasteiger partial charge in [-0.25, -0.2) is 0 Å². The average Bonchev–Trinajstić information content (AvgIpc) is 3.10. The molecule has 5 heteroatoms. The van der Waals surface area contributed by atoms with Crippen LogP contribution < -0.4 is 10.2 Å². The fourth-order valence-electron chi connectivity index (χ4n) is 3.30. The van der Waals surface area contributed by atoms with Gasteiger partial charge in [-0.2, -0.15) is 11.8 Å². The predicted molar refractivity (Wildman–Crippen MR) is 82.7 cm³/mol. The van der Waals surface area contributed by atoms with Crippen LogP contribution in [0.15, 0.2) is 23.2 Å². The van der Waals surface area contributed by atoms with Crippen LogP contribution in [0.1, 0.15) is 17.2 Å². The number of hydrogen-bond donors (Lipinski definition) is 1. The van der Waals surface area contributed by atoms with Crippen LogP contribution in [0.5, 0.6) is 0 Å². The van der Waals surface area contributed by atoms with Gasteiger partial charge in [0.2, 0.25) is 0 Å². The van der Waals surface area contributed by atoms with E-state index in [9.17, 15) is 0 Å². The quantitative estimate of drug-likeness (QED) is 0.908. The van der Waals surface area contributed by atoms with Gasteiger partial charge < -0.3 is 10.2 Å². The van der Waals surface area contributed by atoms with E-state index in [1.807, 2.05) is 6.07 Å². The molecule has 19 heavy (non-hydrogen) atoms. The van der Waals surface area contributed by atoms with Crippen LogP contribution >= 0.6 is 23.4 Å². The molecule has 1 aromatic rings. The Morgan fingerprint density at radius 2 is 2.42 bits per heavy atom. The largest absolute Gasteiger partial charge is 0.370 e. The fraction of sp³-hybridized carbons (Fsp3) is 0.500. The third-order valence-corrected chi connectivity index (χ3v) is 5.77. The predicted octanol–water partition coefficient (Wildman–Crippen LogP) is 2.71. The van der Waals surface area contributed by atoms with Gasteiger partial charge in [0.1, 0.15) is 5.84 Å². The lowest BCUT2D eigenvalue weighted by molar-refractivity contribution is 0.649. The summed E-state index contributed by atoms with van der Waals surface area (Å²) in [6.07, 6.45) is 1.26. The molecule has 0 amide bonds. The summed E-state index contributed by atoms with van der Waals surface area (Å²) in [6, 6.07) is 6.96. The lowest BCUT2D eigenvalue weighted by Gasteiger charge is -2.26. The first-order chi connectivity index (χ1) is 9.33. The van der Waals surface area contributed by atoms with Crippen LogP contribution in [-0.4, -0.2) is 37.3 Å². The first kappa shape index (κ1) is 11.9. The van der Waals surface area contributed by atoms with Crippen molar-refractivity contribution in [2.45, 2.75) is 17.7 Å². The Bertz CT molecular complexity index is 545. The SMILES string of the molecule is Clc1ccc2c(c1)N(CC1=NCCN1)C1CCSC21. The minimum absolute atomic E-state index is 0.614. The van der Waals surface area contributed by atoms with E-state index in [2.05, 4.69) is 39.1 Å². The highest BCUT2D eigenvalue weighted by atomic mass is 35.5. The highest BCUT2D eigenvalue weighted by molar-refractivity contribution is 7.99. The number of thioether (sulfide) groups is 1. The van der Waals surface area contributed by atoms with Crippen LogP contribution in [0.3, 0.4) is 0 Å². The monoisotopic (exact) mass is 293 g/mol. The van der Waals surface area contributed by atoms with Crippen molar-refractivity contribution in [1.29, 1.82) is 0 Å². The standard InChI is InChI=1S/C14H16ClN3S/c15-9-1-2-10-12(7-9)18(8-13-16-4-5-17-13)11-3-6-19-14(10)11/h1-2,7,11,14H,3-6,8H2,(H,16,17). The maximum absolute atomic E-state index is 6.18. The van der Waals surface area contributed by atoms with Crippen molar-refractivity contribution < 1.29 is 0 Å². The zero-order valence-corrected chi connectivity index (χ0v) is 12.2. The van der Waals surface area contributed by atoms with E-state index in [1.54, 1.807) is 0 Å². The molecule has 1 aromatic carbocycles. The summed E-state index contributed by atoms with van der Waals surface area (Å²) in [4.78, 5) is 7.04. The summed E-state index contributed by atoms with van der Waals surface area (Å²) in [5.41, 5.74) is 2.77. The van der Waals surface area contributed by atoms with Crippen LogP contribution in [0, 0.1) is 0 Å². The van der Waals surface area contributed by atoms with Gasteiger partial charge in [-0.05, 0) is 29.9 Å². The van der Waals surface area contributed by atoms with Gasteiger partial charge in [0.15, 0.2) is 0 Å². The first-order valence-electron chi connectivity index (χ1n) is 6.78. The number of fused-ring (bicyclic) bond motifs is 3. The second-order valence-corrected chi connectivity index (χ2v) is 6.92. The molecule has 3 heterocycles. The van der Waals surface area contributed by atoms with Crippen LogP contribution in [0.2, 0.25) is 5.02 Å². The van der Waals surface area contributed by atoms with Gasteiger partial charge in [0.25, 0.3) is 0 Å². The highest BCUT2D eigenvalue weighted by Crippen LogP contribution is 2.52. The number of hydrogen-bond acceptors (Lipinski definition) is 4. The smallest absolute Gasteiger partial charge is 0.116 e. The summed E-state index contributed by atoms with van der Waals surface area (Å²) in [5, 5.41) is 4.83. The van der Waals surface area contributed by atoms with Crippen molar-refractivity contribution in [1.82, 2.24) is 5.32 Å². The number of anilines is 1. The van der Waals surface area contributed by atoms with Gasteiger partial charge in [0, 0.05) is 23.3 Å². The molecule has 0 saturated carbocycles. The summed E-state index contributed by atoms with van der Waals surface area (Å²) < 4.78 is 0. The first-order valence-corrected chi connectivity index (χ1v) is 8.20. The van der Waals surface area contributed by atoms with Crippen LogP contribution in [0.25, 0.3) is 0 Å². The van der Waals surface area contributed by atoms with Crippen molar-refractivity contribution in [3.05, 3.63) is 28.8 Å². The molecule has 3 aliphatic rings. The second kappa shape index (κ2) is 4.60. The number of aliphatic imine (C=N–C) groups is 1. The van der Waals surface area contributed by atoms with Gasteiger partial charge in [-0.3, -0.25) is 4.99 Å². The topological polar surface area (TPSA) is 27.6 Å². The minimum atomic E-state index is 0.614. The number of benzene rings is 1. The Morgan fingerprint density at radius 3 is 3.26 bits per heavy atom. The summed E-state index contributed by atoms with van der Waals surface area (Å²) in [6.45, 7) is 2.79. The lowest BCUT2D eigenvalue weighted by atomic mass is 10.1. The Morgan fingerprint density at radius 1 is 1.47 bits per heavy atom. The zero-order chi connectivity index (χ0) is 12.8. The van der Waals surface area contributed by atoms with Gasteiger partial charge in [-0.15, -0.1) is 0 Å². The molecule has 1 saturated heterocycles. The average molecular weight is 294 g/mol. The molecule has 1 N–H and O–H groups in total. The molecule has 1 fully saturated rings. The molecular formula is C14H16ClN3S. The molecule has 0 aromatic heterocycles. The summed E-state index contributed by atoms with van der Waals surface area (Å²) >= 11 is 8.26. The van der Waals surface area contributed by atoms with Crippen LogP contribution in [-0.2, 0) is 0 Å². The van der Waals surface area contributed by atoms with Crippen molar-refractivity contribution in [2.75, 3.05) is 30.3 Å². The number of nitrogens with zero attached hydrogens (tertiary/aromatic N) is 2. The van der Waals surface area contributed by atoms with E-state index >= 15 is 0 Å². The molecule has 3 aliphatic heterocycles. The number of amidine groups is 1. The molecule has 0 bridgehead atoms. The van der Waals surface area contributed by atoms with Crippen molar-refractivity contribution in [2.24, 2.45) is 4.99 Å². The minimum Gasteiger partial charge on any atom is -0.370 e. The third-order valence-electron chi connectivity index (χ3n) is 4.13.